The molecule has 24 heavy (non-hydrogen) atoms. The van der Waals surface area contributed by atoms with E-state index in [0.29, 0.717) is 18.0 Å². The minimum Gasteiger partial charge on any atom is -0.497 e. The molecule has 0 spiro atoms. The minimum atomic E-state index is -0.986. The van der Waals surface area contributed by atoms with Crippen molar-refractivity contribution < 1.29 is 19.2 Å². The molecule has 0 aliphatic carbocycles. The highest BCUT2D eigenvalue weighted by molar-refractivity contribution is 7.80. The van der Waals surface area contributed by atoms with Crippen molar-refractivity contribution in [1.82, 2.24) is 5.32 Å². The summed E-state index contributed by atoms with van der Waals surface area (Å²) >= 11 is 5.15. The van der Waals surface area contributed by atoms with Gasteiger partial charge in [-0.05, 0) is 24.4 Å². The van der Waals surface area contributed by atoms with Crippen LogP contribution in [0.3, 0.4) is 0 Å². The molecule has 1 aliphatic heterocycles. The first-order valence-electron chi connectivity index (χ1n) is 7.56. The third kappa shape index (κ3) is 4.15. The van der Waals surface area contributed by atoms with E-state index in [0.717, 1.165) is 6.54 Å². The lowest BCUT2D eigenvalue weighted by Crippen LogP contribution is -3.06. The van der Waals surface area contributed by atoms with Gasteiger partial charge < -0.3 is 15.0 Å². The number of aliphatic imine (C=N–C) groups is 1. The van der Waals surface area contributed by atoms with Crippen molar-refractivity contribution in [3.63, 3.8) is 0 Å². The number of carbonyl (C=O) groups excluding carboxylic acids is 2. The minimum absolute atomic E-state index is 0.0561. The predicted octanol–water partition coefficient (Wildman–Crippen LogP) is -0.726. The van der Waals surface area contributed by atoms with Gasteiger partial charge in [-0.3, -0.25) is 19.5 Å². The van der Waals surface area contributed by atoms with Crippen molar-refractivity contribution in [1.29, 1.82) is 0 Å². The number of nitrogens with one attached hydrogen (secondary N) is 2. The normalized spacial score (nSPS) is 18.4. The van der Waals surface area contributed by atoms with Crippen LogP contribution in [-0.4, -0.2) is 57.4 Å². The van der Waals surface area contributed by atoms with Gasteiger partial charge in [0, 0.05) is 12.3 Å². The number of thiocarbonyl (C=S) groups is 1. The summed E-state index contributed by atoms with van der Waals surface area (Å²) in [6.07, 6.45) is 1.40. The van der Waals surface area contributed by atoms with E-state index in [1.54, 1.807) is 31.4 Å². The van der Waals surface area contributed by atoms with Crippen LogP contribution < -0.4 is 19.9 Å². The highest BCUT2D eigenvalue weighted by atomic mass is 32.1. The molecule has 2 N–H and O–H groups in total. The first-order chi connectivity index (χ1) is 11.4. The van der Waals surface area contributed by atoms with Crippen molar-refractivity contribution in [3.05, 3.63) is 24.3 Å². The largest absolute Gasteiger partial charge is 0.497 e. The molecule has 0 radical (unpaired) electrons. The van der Waals surface area contributed by atoms with Gasteiger partial charge in [0.25, 0.3) is 5.91 Å². The number of hydrogen-bond donors (Lipinski definition) is 2. The average Bonchev–Trinajstić information content (AvgIpc) is 2.53. The van der Waals surface area contributed by atoms with Gasteiger partial charge in [-0.1, -0.05) is 6.07 Å². The fraction of sp³-hybridized carbons (Fsp3) is 0.375. The molecule has 1 atom stereocenters. The number of quaternary nitrogens is 1. The van der Waals surface area contributed by atoms with Gasteiger partial charge in [0.2, 0.25) is 5.91 Å². The van der Waals surface area contributed by atoms with Crippen molar-refractivity contribution in [2.75, 3.05) is 39.2 Å². The molecule has 0 bridgehead atoms. The van der Waals surface area contributed by atoms with E-state index < -0.39 is 17.7 Å². The summed E-state index contributed by atoms with van der Waals surface area (Å²) in [6, 6.07) is 6.94. The summed E-state index contributed by atoms with van der Waals surface area (Å²) in [7, 11) is 5.56. The van der Waals surface area contributed by atoms with Crippen molar-refractivity contribution in [2.45, 2.75) is 0 Å². The van der Waals surface area contributed by atoms with Crippen molar-refractivity contribution in [3.8, 4) is 5.75 Å². The number of anilines is 1. The summed E-state index contributed by atoms with van der Waals surface area (Å²) < 4.78 is 5.17. The Bertz CT molecular complexity index is 675. The van der Waals surface area contributed by atoms with Gasteiger partial charge in [0.05, 0.1) is 40.0 Å². The van der Waals surface area contributed by atoms with E-state index in [2.05, 4.69) is 10.3 Å². The Hall–Kier alpha value is -2.32. The molecule has 2 amide bonds. The average molecular weight is 349 g/mol. The Balaban J connectivity index is 2.21. The van der Waals surface area contributed by atoms with Gasteiger partial charge in [0.1, 0.15) is 5.75 Å². The van der Waals surface area contributed by atoms with Crippen molar-refractivity contribution in [2.24, 2.45) is 10.9 Å². The first-order valence-corrected chi connectivity index (χ1v) is 7.96. The van der Waals surface area contributed by atoms with Crippen LogP contribution in [0.4, 0.5) is 5.69 Å². The molecule has 1 saturated heterocycles. The highest BCUT2D eigenvalue weighted by Gasteiger charge is 2.38. The standard InChI is InChI=1S/C16H20N4O3S/c1-19(2)8-7-17-10-13-14(21)18-16(24)20(15(13)22)11-5-4-6-12(9-11)23-3/h4-6,9-10,13H,7-8H2,1-3H3,(H,18,21,24)/p+1. The molecule has 0 saturated carbocycles. The molecule has 128 valence electrons. The van der Waals surface area contributed by atoms with Crippen LogP contribution in [0.1, 0.15) is 0 Å². The van der Waals surface area contributed by atoms with Crippen LogP contribution in [-0.2, 0) is 9.59 Å². The summed E-state index contributed by atoms with van der Waals surface area (Å²) in [5.74, 6) is -1.26. The van der Waals surface area contributed by atoms with E-state index in [-0.39, 0.29) is 5.11 Å². The van der Waals surface area contributed by atoms with Gasteiger partial charge in [-0.15, -0.1) is 0 Å². The second-order valence-corrected chi connectivity index (χ2v) is 6.05. The maximum atomic E-state index is 12.7. The topological polar surface area (TPSA) is 75.4 Å². The SMILES string of the molecule is COc1cccc(N2C(=O)C(C=NCC[NH+](C)C)C(=O)NC2=S)c1. The van der Waals surface area contributed by atoms with E-state index in [9.17, 15) is 9.59 Å². The number of methoxy groups -OCH3 is 1. The lowest BCUT2D eigenvalue weighted by atomic mass is 10.1. The van der Waals surface area contributed by atoms with Crippen LogP contribution in [0.15, 0.2) is 29.3 Å². The smallest absolute Gasteiger partial charge is 0.251 e. The maximum Gasteiger partial charge on any atom is 0.251 e. The molecule has 1 aliphatic rings. The number of rotatable bonds is 6. The van der Waals surface area contributed by atoms with Gasteiger partial charge in [-0.25, -0.2) is 0 Å². The molecule has 1 aromatic carbocycles. The molecule has 0 aromatic heterocycles. The number of amides is 2. The zero-order valence-corrected chi connectivity index (χ0v) is 14.7. The molecule has 7 nitrogen and oxygen atoms in total. The van der Waals surface area contributed by atoms with Crippen LogP contribution >= 0.6 is 12.2 Å². The number of carbonyl (C=O) groups is 2. The Morgan fingerprint density at radius 3 is 2.83 bits per heavy atom. The molecule has 1 aromatic rings. The van der Waals surface area contributed by atoms with E-state index in [4.69, 9.17) is 17.0 Å². The molecule has 1 fully saturated rings. The van der Waals surface area contributed by atoms with Crippen LogP contribution in [0.25, 0.3) is 0 Å². The molecule has 1 unspecified atom stereocenters. The lowest BCUT2D eigenvalue weighted by molar-refractivity contribution is -0.856. The zero-order chi connectivity index (χ0) is 17.7. The maximum absolute atomic E-state index is 12.7. The van der Waals surface area contributed by atoms with Gasteiger partial charge >= 0.3 is 0 Å². The quantitative estimate of drug-likeness (QED) is 0.404. The highest BCUT2D eigenvalue weighted by Crippen LogP contribution is 2.24. The van der Waals surface area contributed by atoms with E-state index in [1.807, 2.05) is 14.1 Å². The van der Waals surface area contributed by atoms with Crippen LogP contribution in [0.2, 0.25) is 0 Å². The Labute approximate surface area is 146 Å². The molecule has 2 rings (SSSR count). The van der Waals surface area contributed by atoms with Gasteiger partial charge in [-0.2, -0.15) is 0 Å². The second kappa shape index (κ2) is 7.98. The zero-order valence-electron chi connectivity index (χ0n) is 13.9. The van der Waals surface area contributed by atoms with Crippen LogP contribution in [0.5, 0.6) is 5.75 Å². The number of ether oxygens (including phenoxy) is 1. The monoisotopic (exact) mass is 349 g/mol. The Morgan fingerprint density at radius 1 is 1.42 bits per heavy atom. The first kappa shape index (κ1) is 18.0. The molecule has 8 heteroatoms. The number of benzene rings is 1. The Kier molecular flexibility index (Phi) is 5.99. The fourth-order valence-corrected chi connectivity index (χ4v) is 2.48. The number of likely N-dealkylation sites (N-methyl/N-ethyl adjacent to an activating group) is 1. The number of hydrogen-bond acceptors (Lipinski definition) is 5. The predicted molar refractivity (Wildman–Crippen MR) is 95.7 cm³/mol. The fourth-order valence-electron chi connectivity index (χ4n) is 2.18. The summed E-state index contributed by atoms with van der Waals surface area (Å²) in [5, 5.41) is 2.61. The molecule has 1 heterocycles. The summed E-state index contributed by atoms with van der Waals surface area (Å²) in [5.41, 5.74) is 0.542. The summed E-state index contributed by atoms with van der Waals surface area (Å²) in [6.45, 7) is 1.36. The third-order valence-electron chi connectivity index (χ3n) is 3.51. The molecular weight excluding hydrogens is 328 g/mol. The summed E-state index contributed by atoms with van der Waals surface area (Å²) in [4.78, 5) is 31.5. The lowest BCUT2D eigenvalue weighted by Gasteiger charge is -2.31. The third-order valence-corrected chi connectivity index (χ3v) is 3.79. The van der Waals surface area contributed by atoms with E-state index >= 15 is 0 Å². The van der Waals surface area contributed by atoms with Crippen LogP contribution in [0, 0.1) is 5.92 Å². The van der Waals surface area contributed by atoms with E-state index in [1.165, 1.54) is 16.0 Å². The van der Waals surface area contributed by atoms with Gasteiger partial charge in [0.15, 0.2) is 11.0 Å². The second-order valence-electron chi connectivity index (χ2n) is 5.66. The van der Waals surface area contributed by atoms with Crippen molar-refractivity contribution >= 4 is 41.0 Å². The Morgan fingerprint density at radius 2 is 2.17 bits per heavy atom. The number of nitrogens with zero attached hydrogens (tertiary/aromatic N) is 2. The molecular formula is C16H21N4O3S+.